The number of fused-ring (bicyclic) bond motifs is 1. The average Bonchev–Trinajstić information content (AvgIpc) is 3.41. The molecule has 0 aliphatic carbocycles. The fraction of sp³-hybridized carbons (Fsp3) is 0.360. The molecule has 0 bridgehead atoms. The number of aromatic nitrogens is 5. The minimum atomic E-state index is -0.531. The fourth-order valence-corrected chi connectivity index (χ4v) is 4.39. The Kier molecular flexibility index (Phi) is 5.66. The monoisotopic (exact) mass is 477 g/mol. The van der Waals surface area contributed by atoms with E-state index in [9.17, 15) is 9.18 Å². The quantitative estimate of drug-likeness (QED) is 0.464. The molecule has 1 aromatic carbocycles. The third kappa shape index (κ3) is 4.68. The Labute approximate surface area is 202 Å². The standard InChI is InChI=1S/C25H28FN7O2/c1-25(2,3)35-24(34)31-12-10-18(11-13-31)32-15-28-22(16-4-6-17(26)7-5-16)23(32)19-8-9-21-29-20(27)14-33(21)30-19/h4-9,14-15,18H,10-13,27H2,1-3H3. The van der Waals surface area contributed by atoms with Gasteiger partial charge in [-0.25, -0.2) is 23.7 Å². The van der Waals surface area contributed by atoms with Crippen molar-refractivity contribution in [2.75, 3.05) is 18.8 Å². The zero-order chi connectivity index (χ0) is 24.7. The van der Waals surface area contributed by atoms with Crippen molar-refractivity contribution in [2.45, 2.75) is 45.3 Å². The molecule has 35 heavy (non-hydrogen) atoms. The molecule has 1 amide bonds. The van der Waals surface area contributed by atoms with Gasteiger partial charge in [-0.2, -0.15) is 5.10 Å². The zero-order valence-corrected chi connectivity index (χ0v) is 20.0. The molecule has 10 heteroatoms. The number of benzene rings is 1. The number of amides is 1. The van der Waals surface area contributed by atoms with E-state index in [0.29, 0.717) is 35.9 Å². The van der Waals surface area contributed by atoms with Gasteiger partial charge in [-0.15, -0.1) is 0 Å². The molecular formula is C25H28FN7O2. The summed E-state index contributed by atoms with van der Waals surface area (Å²) in [6.07, 6.45) is 4.66. The first-order valence-electron chi connectivity index (χ1n) is 11.6. The van der Waals surface area contributed by atoms with E-state index in [1.54, 1.807) is 34.1 Å². The lowest BCUT2D eigenvalue weighted by Gasteiger charge is -2.34. The van der Waals surface area contributed by atoms with Gasteiger partial charge in [0.1, 0.15) is 22.9 Å². The molecule has 9 nitrogen and oxygen atoms in total. The molecule has 0 radical (unpaired) electrons. The highest BCUT2D eigenvalue weighted by molar-refractivity contribution is 5.77. The number of carbonyl (C=O) groups is 1. The number of nitrogens with two attached hydrogens (primary N) is 1. The highest BCUT2D eigenvalue weighted by atomic mass is 19.1. The number of anilines is 1. The van der Waals surface area contributed by atoms with E-state index < -0.39 is 5.60 Å². The van der Waals surface area contributed by atoms with Crippen LogP contribution in [-0.2, 0) is 4.74 Å². The predicted octanol–water partition coefficient (Wildman–Crippen LogP) is 4.55. The van der Waals surface area contributed by atoms with Gasteiger partial charge in [0.15, 0.2) is 5.65 Å². The Hall–Kier alpha value is -3.95. The van der Waals surface area contributed by atoms with Crippen LogP contribution in [0.4, 0.5) is 15.0 Å². The van der Waals surface area contributed by atoms with Crippen LogP contribution in [0.25, 0.3) is 28.3 Å². The zero-order valence-electron chi connectivity index (χ0n) is 20.0. The van der Waals surface area contributed by atoms with Crippen molar-refractivity contribution >= 4 is 17.6 Å². The third-order valence-electron chi connectivity index (χ3n) is 6.00. The van der Waals surface area contributed by atoms with Gasteiger partial charge < -0.3 is 19.9 Å². The number of nitrogen functional groups attached to an aromatic ring is 1. The van der Waals surface area contributed by atoms with Gasteiger partial charge in [-0.3, -0.25) is 0 Å². The first-order valence-corrected chi connectivity index (χ1v) is 11.6. The molecule has 4 heterocycles. The van der Waals surface area contributed by atoms with E-state index in [4.69, 9.17) is 20.6 Å². The van der Waals surface area contributed by atoms with Crippen LogP contribution in [0.1, 0.15) is 39.7 Å². The lowest BCUT2D eigenvalue weighted by atomic mass is 10.0. The second kappa shape index (κ2) is 8.68. The lowest BCUT2D eigenvalue weighted by Crippen LogP contribution is -2.42. The normalized spacial score (nSPS) is 15.0. The van der Waals surface area contributed by atoms with Gasteiger partial charge in [0.05, 0.1) is 23.9 Å². The van der Waals surface area contributed by atoms with E-state index in [1.807, 2.05) is 32.9 Å². The smallest absolute Gasteiger partial charge is 0.410 e. The van der Waals surface area contributed by atoms with Crippen molar-refractivity contribution in [3.8, 4) is 22.6 Å². The number of rotatable bonds is 3. The minimum Gasteiger partial charge on any atom is -0.444 e. The Morgan fingerprint density at radius 2 is 1.83 bits per heavy atom. The molecule has 1 aliphatic heterocycles. The number of likely N-dealkylation sites (tertiary alicyclic amines) is 1. The summed E-state index contributed by atoms with van der Waals surface area (Å²) in [6.45, 7) is 6.75. The molecule has 1 saturated heterocycles. The van der Waals surface area contributed by atoms with Crippen molar-refractivity contribution in [3.63, 3.8) is 0 Å². The molecule has 2 N–H and O–H groups in total. The number of ether oxygens (including phenoxy) is 1. The number of nitrogens with zero attached hydrogens (tertiary/aromatic N) is 6. The van der Waals surface area contributed by atoms with E-state index >= 15 is 0 Å². The number of hydrogen-bond donors (Lipinski definition) is 1. The predicted molar refractivity (Wildman–Crippen MR) is 130 cm³/mol. The number of carbonyl (C=O) groups excluding carboxylic acids is 1. The van der Waals surface area contributed by atoms with Crippen LogP contribution in [-0.4, -0.2) is 53.8 Å². The van der Waals surface area contributed by atoms with Crippen LogP contribution >= 0.6 is 0 Å². The first-order chi connectivity index (χ1) is 16.7. The van der Waals surface area contributed by atoms with Crippen molar-refractivity contribution < 1.29 is 13.9 Å². The number of piperidine rings is 1. The van der Waals surface area contributed by atoms with Crippen molar-refractivity contribution in [2.24, 2.45) is 0 Å². The minimum absolute atomic E-state index is 0.107. The Morgan fingerprint density at radius 1 is 1.11 bits per heavy atom. The molecule has 5 rings (SSSR count). The highest BCUT2D eigenvalue weighted by Crippen LogP contribution is 2.35. The highest BCUT2D eigenvalue weighted by Gasteiger charge is 2.30. The van der Waals surface area contributed by atoms with E-state index in [0.717, 1.165) is 24.1 Å². The van der Waals surface area contributed by atoms with Gasteiger partial charge in [-0.05, 0) is 70.0 Å². The van der Waals surface area contributed by atoms with Gasteiger partial charge in [0, 0.05) is 24.7 Å². The maximum absolute atomic E-state index is 13.6. The molecular weight excluding hydrogens is 449 g/mol. The number of hydrogen-bond acceptors (Lipinski definition) is 6. The van der Waals surface area contributed by atoms with Crippen LogP contribution in [0.3, 0.4) is 0 Å². The van der Waals surface area contributed by atoms with Crippen LogP contribution in [0.2, 0.25) is 0 Å². The summed E-state index contributed by atoms with van der Waals surface area (Å²) < 4.78 is 22.9. The largest absolute Gasteiger partial charge is 0.444 e. The summed E-state index contributed by atoms with van der Waals surface area (Å²) in [7, 11) is 0. The van der Waals surface area contributed by atoms with Gasteiger partial charge in [-0.1, -0.05) is 0 Å². The second-order valence-corrected chi connectivity index (χ2v) is 9.74. The van der Waals surface area contributed by atoms with Crippen molar-refractivity contribution in [1.29, 1.82) is 0 Å². The summed E-state index contributed by atoms with van der Waals surface area (Å²) in [5, 5.41) is 4.74. The number of imidazole rings is 2. The molecule has 0 unspecified atom stereocenters. The Morgan fingerprint density at radius 3 is 2.51 bits per heavy atom. The third-order valence-corrected chi connectivity index (χ3v) is 6.00. The molecule has 0 saturated carbocycles. The molecule has 1 aliphatic rings. The SMILES string of the molecule is CC(C)(C)OC(=O)N1CCC(n2cnc(-c3ccc(F)cc3)c2-c2ccc3nc(N)cn3n2)CC1. The summed E-state index contributed by atoms with van der Waals surface area (Å²) >= 11 is 0. The topological polar surface area (TPSA) is 104 Å². The molecule has 1 fully saturated rings. The van der Waals surface area contributed by atoms with Crippen LogP contribution in [0.15, 0.2) is 48.9 Å². The van der Waals surface area contributed by atoms with Crippen molar-refractivity contribution in [3.05, 3.63) is 54.7 Å². The average molecular weight is 478 g/mol. The maximum atomic E-state index is 13.6. The molecule has 3 aromatic heterocycles. The van der Waals surface area contributed by atoms with Crippen LogP contribution in [0, 0.1) is 5.82 Å². The first kappa shape index (κ1) is 22.8. The molecule has 4 aromatic rings. The lowest BCUT2D eigenvalue weighted by molar-refractivity contribution is 0.0189. The molecule has 0 spiro atoms. The molecule has 182 valence electrons. The van der Waals surface area contributed by atoms with Gasteiger partial charge >= 0.3 is 6.09 Å². The summed E-state index contributed by atoms with van der Waals surface area (Å²) in [5.41, 5.74) is 8.98. The van der Waals surface area contributed by atoms with E-state index in [2.05, 4.69) is 9.55 Å². The van der Waals surface area contributed by atoms with E-state index in [1.165, 1.54) is 12.1 Å². The second-order valence-electron chi connectivity index (χ2n) is 9.74. The van der Waals surface area contributed by atoms with Crippen LogP contribution < -0.4 is 5.73 Å². The fourth-order valence-electron chi connectivity index (χ4n) is 4.39. The van der Waals surface area contributed by atoms with Gasteiger partial charge in [0.25, 0.3) is 0 Å². The van der Waals surface area contributed by atoms with Crippen LogP contribution in [0.5, 0.6) is 0 Å². The summed E-state index contributed by atoms with van der Waals surface area (Å²) in [4.78, 5) is 23.2. The summed E-state index contributed by atoms with van der Waals surface area (Å²) in [5.74, 6) is 0.0779. The maximum Gasteiger partial charge on any atom is 0.410 e. The molecule has 0 atom stereocenters. The Bertz CT molecular complexity index is 1360. The summed E-state index contributed by atoms with van der Waals surface area (Å²) in [6, 6.07) is 10.1. The van der Waals surface area contributed by atoms with Crippen molar-refractivity contribution in [1.82, 2.24) is 29.0 Å². The number of halogens is 1. The Balaban J connectivity index is 1.49. The van der Waals surface area contributed by atoms with E-state index in [-0.39, 0.29) is 18.0 Å². The van der Waals surface area contributed by atoms with Gasteiger partial charge in [0.2, 0.25) is 0 Å².